The molecular formula is C41H43N7O9S2. The number of methoxy groups -OCH3 is 3. The third kappa shape index (κ3) is 10.5. The van der Waals surface area contributed by atoms with Gasteiger partial charge in [0.25, 0.3) is 0 Å². The normalized spacial score (nSPS) is 12.2. The smallest absolute Gasteiger partial charge is 0.413 e. The minimum Gasteiger partial charge on any atom is -0.497 e. The second-order valence-electron chi connectivity index (χ2n) is 14.1. The Morgan fingerprint density at radius 3 is 1.81 bits per heavy atom. The number of hydrogen-bond acceptors (Lipinski definition) is 12. The molecule has 0 fully saturated rings. The van der Waals surface area contributed by atoms with Crippen LogP contribution in [-0.4, -0.2) is 79.7 Å². The molecule has 1 unspecified atom stereocenters. The van der Waals surface area contributed by atoms with Gasteiger partial charge in [0.15, 0.2) is 11.1 Å². The van der Waals surface area contributed by atoms with Gasteiger partial charge in [-0.3, -0.25) is 5.32 Å². The van der Waals surface area contributed by atoms with Crippen LogP contribution in [0.5, 0.6) is 17.2 Å². The van der Waals surface area contributed by atoms with E-state index in [1.54, 1.807) is 94.6 Å². The lowest BCUT2D eigenvalue weighted by atomic mass is 10.0. The Kier molecular flexibility index (Phi) is 13.0. The third-order valence-electron chi connectivity index (χ3n) is 8.81. The number of anilines is 1. The molecule has 59 heavy (non-hydrogen) atoms. The maximum atomic E-state index is 15.4. The second-order valence-corrected chi connectivity index (χ2v) is 16.9. The Morgan fingerprint density at radius 1 is 0.797 bits per heavy atom. The number of benzene rings is 4. The lowest BCUT2D eigenvalue weighted by molar-refractivity contribution is 0.0635. The van der Waals surface area contributed by atoms with Crippen molar-refractivity contribution in [3.05, 3.63) is 120 Å². The number of carbonyl (C=O) groups is 1. The minimum atomic E-state index is -4.72. The number of hydrogen-bond donors (Lipinski definition) is 2. The predicted molar refractivity (Wildman–Crippen MR) is 220 cm³/mol. The highest BCUT2D eigenvalue weighted by atomic mass is 32.2. The molecule has 0 saturated heterocycles. The first-order chi connectivity index (χ1) is 28.2. The molecule has 1 atom stereocenters. The fraction of sp³-hybridized carbons (Fsp3) is 0.244. The molecule has 2 heterocycles. The van der Waals surface area contributed by atoms with Crippen LogP contribution in [0.2, 0.25) is 0 Å². The molecule has 18 heteroatoms. The summed E-state index contributed by atoms with van der Waals surface area (Å²) in [6.07, 6.45) is 0.708. The van der Waals surface area contributed by atoms with E-state index in [1.165, 1.54) is 47.7 Å². The van der Waals surface area contributed by atoms with Crippen molar-refractivity contribution in [1.29, 1.82) is 0 Å². The molecule has 0 aliphatic heterocycles. The molecule has 2 N–H and O–H groups in total. The lowest BCUT2D eigenvalue weighted by Crippen LogP contribution is -2.31. The first-order valence-electron chi connectivity index (χ1n) is 18.1. The van der Waals surface area contributed by atoms with Crippen LogP contribution in [0.1, 0.15) is 37.5 Å². The van der Waals surface area contributed by atoms with Gasteiger partial charge in [-0.05, 0) is 103 Å². The van der Waals surface area contributed by atoms with Gasteiger partial charge in [0.1, 0.15) is 33.6 Å². The first kappa shape index (κ1) is 42.4. The number of ether oxygens (including phenoxy) is 4. The molecule has 0 saturated carbocycles. The first-order valence-corrected chi connectivity index (χ1v) is 20.6. The maximum absolute atomic E-state index is 15.4. The summed E-state index contributed by atoms with van der Waals surface area (Å²) in [6, 6.07) is 26.9. The fourth-order valence-corrected chi connectivity index (χ4v) is 8.64. The van der Waals surface area contributed by atoms with Crippen molar-refractivity contribution in [1.82, 2.24) is 29.5 Å². The third-order valence-corrected chi connectivity index (χ3v) is 11.5. The molecule has 0 aliphatic carbocycles. The molecule has 0 aliphatic rings. The van der Waals surface area contributed by atoms with Crippen LogP contribution < -0.4 is 19.5 Å². The monoisotopic (exact) mass is 841 g/mol. The van der Waals surface area contributed by atoms with Crippen molar-refractivity contribution in [2.75, 3.05) is 26.6 Å². The summed E-state index contributed by atoms with van der Waals surface area (Å²) in [5.74, 6) is 1.85. The zero-order valence-corrected chi connectivity index (χ0v) is 34.8. The predicted octanol–water partition coefficient (Wildman–Crippen LogP) is 6.79. The second kappa shape index (κ2) is 18.2. The summed E-state index contributed by atoms with van der Waals surface area (Å²) in [7, 11) is -0.0973. The van der Waals surface area contributed by atoms with Crippen molar-refractivity contribution in [3.63, 3.8) is 0 Å². The van der Waals surface area contributed by atoms with Crippen molar-refractivity contribution >= 4 is 33.0 Å². The topological polar surface area (TPSA) is 197 Å². The molecule has 6 rings (SSSR count). The summed E-state index contributed by atoms with van der Waals surface area (Å²) >= 11 is -2.81. The van der Waals surface area contributed by atoms with Crippen LogP contribution in [0.3, 0.4) is 0 Å². The molecule has 16 nitrogen and oxygen atoms in total. The number of nitrogens with zero attached hydrogens (tertiary/aromatic N) is 6. The van der Waals surface area contributed by atoms with Gasteiger partial charge in [0, 0.05) is 24.8 Å². The average molecular weight is 842 g/mol. The highest BCUT2D eigenvalue weighted by Crippen LogP contribution is 2.41. The number of pyridine rings is 1. The quantitative estimate of drug-likeness (QED) is 0.103. The Morgan fingerprint density at radius 2 is 1.34 bits per heavy atom. The Bertz CT molecular complexity index is 2480. The molecule has 1 amide bonds. The van der Waals surface area contributed by atoms with Crippen LogP contribution in [0.15, 0.2) is 113 Å². The van der Waals surface area contributed by atoms with Crippen LogP contribution in [0, 0.1) is 0 Å². The Balaban J connectivity index is 1.52. The van der Waals surface area contributed by atoms with E-state index < -0.39 is 42.6 Å². The van der Waals surface area contributed by atoms with Gasteiger partial charge < -0.3 is 23.5 Å². The van der Waals surface area contributed by atoms with E-state index in [9.17, 15) is 13.6 Å². The summed E-state index contributed by atoms with van der Waals surface area (Å²) < 4.78 is 77.2. The van der Waals surface area contributed by atoms with Gasteiger partial charge in [0.05, 0.1) is 38.3 Å². The molecule has 2 aromatic heterocycles. The zero-order valence-electron chi connectivity index (χ0n) is 33.1. The van der Waals surface area contributed by atoms with E-state index in [4.69, 9.17) is 18.9 Å². The van der Waals surface area contributed by atoms with E-state index in [2.05, 4.69) is 25.7 Å². The number of sulfonamides is 1. The zero-order chi connectivity index (χ0) is 42.3. The van der Waals surface area contributed by atoms with E-state index in [0.29, 0.717) is 33.9 Å². The molecule has 6 aromatic rings. The SMILES string of the molecule is COc1ccc(CN(Cc2ccc(OC)cc2)S(=O)(=O)c2c(S(=O)O)ccc(-c3ccc(NC(=O)OC(C)(C)C)nc3)c2-c2nnn(Cc3ccc(OC)cc3)n2)cc1. The number of amides is 1. The summed E-state index contributed by atoms with van der Waals surface area (Å²) in [5, 5.41) is 15.8. The van der Waals surface area contributed by atoms with Gasteiger partial charge >= 0.3 is 6.09 Å². The number of tetrazole rings is 1. The molecule has 0 radical (unpaired) electrons. The van der Waals surface area contributed by atoms with Gasteiger partial charge in [-0.15, -0.1) is 10.2 Å². The highest BCUT2D eigenvalue weighted by Gasteiger charge is 2.36. The number of rotatable bonds is 15. The van der Waals surface area contributed by atoms with Gasteiger partial charge in [-0.2, -0.15) is 9.10 Å². The Hall–Kier alpha value is -6.21. The van der Waals surface area contributed by atoms with Crippen LogP contribution in [0.4, 0.5) is 10.6 Å². The molecule has 308 valence electrons. The largest absolute Gasteiger partial charge is 0.497 e. The fourth-order valence-electron chi connectivity index (χ4n) is 5.98. The lowest BCUT2D eigenvalue weighted by Gasteiger charge is -2.25. The highest BCUT2D eigenvalue weighted by molar-refractivity contribution is 7.90. The number of nitrogens with one attached hydrogen (secondary N) is 1. The van der Waals surface area contributed by atoms with Gasteiger partial charge in [-0.25, -0.2) is 22.4 Å². The average Bonchev–Trinajstić information content (AvgIpc) is 3.68. The molecule has 0 spiro atoms. The molecule has 4 aromatic carbocycles. The van der Waals surface area contributed by atoms with Crippen molar-refractivity contribution in [2.45, 2.75) is 55.8 Å². The van der Waals surface area contributed by atoms with Crippen molar-refractivity contribution in [3.8, 4) is 39.8 Å². The summed E-state index contributed by atoms with van der Waals surface area (Å²) in [6.45, 7) is 5.09. The van der Waals surface area contributed by atoms with E-state index in [0.717, 1.165) is 5.56 Å². The minimum absolute atomic E-state index is 0.0880. The maximum Gasteiger partial charge on any atom is 0.413 e. The number of carbonyl (C=O) groups excluding carboxylic acids is 1. The van der Waals surface area contributed by atoms with E-state index in [-0.39, 0.29) is 42.4 Å². The van der Waals surface area contributed by atoms with Crippen molar-refractivity contribution < 1.29 is 40.9 Å². The van der Waals surface area contributed by atoms with Crippen LogP contribution >= 0.6 is 0 Å². The molecule has 0 bridgehead atoms. The van der Waals surface area contributed by atoms with E-state index >= 15 is 8.42 Å². The molecular weight excluding hydrogens is 799 g/mol. The van der Waals surface area contributed by atoms with Gasteiger partial charge in [-0.1, -0.05) is 42.5 Å². The van der Waals surface area contributed by atoms with Crippen LogP contribution in [0.25, 0.3) is 22.5 Å². The summed E-state index contributed by atoms with van der Waals surface area (Å²) in [5.41, 5.74) is 1.84. The Labute approximate surface area is 344 Å². The van der Waals surface area contributed by atoms with Crippen molar-refractivity contribution in [2.24, 2.45) is 0 Å². The number of aromatic nitrogens is 5. The van der Waals surface area contributed by atoms with Crippen LogP contribution in [-0.2, 0) is 45.5 Å². The standard InChI is InChI=1S/C41H43N7O9S2/c1-41(2,3)57-40(49)43-36-22-13-30(23-42-36)34-20-21-35(58(50)51)38(37(34)39-44-46-48(45-39)26-29-11-18-33(56-6)19-12-29)59(52,53)47(24-27-7-14-31(54-4)15-8-27)25-28-9-16-32(55-5)17-10-28/h7-23H,24-26H2,1-6H3,(H,50,51)(H,42,43,49). The summed E-state index contributed by atoms with van der Waals surface area (Å²) in [4.78, 5) is 17.3. The van der Waals surface area contributed by atoms with E-state index in [1.807, 2.05) is 12.1 Å². The van der Waals surface area contributed by atoms with Gasteiger partial charge in [0.2, 0.25) is 15.8 Å².